The van der Waals surface area contributed by atoms with Gasteiger partial charge in [-0.2, -0.15) is 0 Å². The summed E-state index contributed by atoms with van der Waals surface area (Å²) in [5.41, 5.74) is 3.76. The fourth-order valence-corrected chi connectivity index (χ4v) is 3.46. The van der Waals surface area contributed by atoms with Crippen LogP contribution in [0, 0.1) is 0 Å². The Morgan fingerprint density at radius 3 is 2.19 bits per heavy atom. The zero-order valence-corrected chi connectivity index (χ0v) is 17.2. The van der Waals surface area contributed by atoms with Gasteiger partial charge in [-0.05, 0) is 34.2 Å². The van der Waals surface area contributed by atoms with Gasteiger partial charge in [0.2, 0.25) is 0 Å². The van der Waals surface area contributed by atoms with Crippen LogP contribution in [0.5, 0.6) is 0 Å². The van der Waals surface area contributed by atoms with E-state index >= 15 is 0 Å². The molecular weight excluding hydrogens is 378 g/mol. The van der Waals surface area contributed by atoms with E-state index in [4.69, 9.17) is 11.6 Å². The van der Waals surface area contributed by atoms with Gasteiger partial charge in [-0.3, -0.25) is 9.78 Å². The first kappa shape index (κ1) is 19.6. The molecule has 0 aliphatic carbocycles. The van der Waals surface area contributed by atoms with Crippen LogP contribution in [0.1, 0.15) is 43.2 Å². The predicted octanol–water partition coefficient (Wildman–Crippen LogP) is 5.00. The van der Waals surface area contributed by atoms with Crippen molar-refractivity contribution in [3.05, 3.63) is 86.3 Å². The van der Waals surface area contributed by atoms with Gasteiger partial charge in [0.1, 0.15) is 5.69 Å². The second kappa shape index (κ2) is 8.28. The summed E-state index contributed by atoms with van der Waals surface area (Å²) in [5, 5.41) is 9.51. The quantitative estimate of drug-likeness (QED) is 0.613. The van der Waals surface area contributed by atoms with E-state index in [2.05, 4.69) is 48.1 Å². The van der Waals surface area contributed by atoms with Gasteiger partial charge in [0.05, 0.1) is 0 Å². The van der Waals surface area contributed by atoms with Gasteiger partial charge in [-0.15, -0.1) is 10.2 Å². The summed E-state index contributed by atoms with van der Waals surface area (Å²) < 4.78 is 0. The van der Waals surface area contributed by atoms with Crippen molar-refractivity contribution >= 4 is 23.4 Å². The Morgan fingerprint density at radius 1 is 0.963 bits per heavy atom. The number of hydrogen-bond donors (Lipinski definition) is 1. The molecule has 140 valence electrons. The van der Waals surface area contributed by atoms with Crippen LogP contribution in [0.15, 0.2) is 58.5 Å². The van der Waals surface area contributed by atoms with Crippen molar-refractivity contribution in [1.29, 1.82) is 0 Å². The minimum absolute atomic E-state index is 0.110. The van der Waals surface area contributed by atoms with E-state index in [1.165, 1.54) is 17.3 Å². The lowest BCUT2D eigenvalue weighted by molar-refractivity contribution is 0.590. The van der Waals surface area contributed by atoms with Crippen LogP contribution < -0.4 is 5.56 Å². The van der Waals surface area contributed by atoms with Crippen molar-refractivity contribution < 1.29 is 0 Å². The zero-order chi connectivity index (χ0) is 19.4. The molecule has 0 bridgehead atoms. The molecule has 4 nitrogen and oxygen atoms in total. The van der Waals surface area contributed by atoms with Gasteiger partial charge < -0.3 is 0 Å². The van der Waals surface area contributed by atoms with E-state index in [1.54, 1.807) is 0 Å². The first-order valence-electron chi connectivity index (χ1n) is 8.74. The summed E-state index contributed by atoms with van der Waals surface area (Å²) in [6, 6.07) is 15.9. The number of rotatable bonds is 5. The number of benzene rings is 2. The van der Waals surface area contributed by atoms with E-state index in [-0.39, 0.29) is 11.0 Å². The highest BCUT2D eigenvalue weighted by atomic mass is 35.5. The highest BCUT2D eigenvalue weighted by Crippen LogP contribution is 2.23. The van der Waals surface area contributed by atoms with Crippen LogP contribution in [0.25, 0.3) is 0 Å². The monoisotopic (exact) mass is 399 g/mol. The maximum atomic E-state index is 12.3. The van der Waals surface area contributed by atoms with Crippen molar-refractivity contribution in [3.8, 4) is 0 Å². The average Bonchev–Trinajstić information content (AvgIpc) is 2.63. The van der Waals surface area contributed by atoms with E-state index in [0.717, 1.165) is 11.1 Å². The standard InChI is InChI=1S/C21H22ClN3OS/c1-21(2,3)16-8-4-14(5-9-16)12-18-19(26)23-20(25-24-18)27-13-15-6-10-17(22)11-7-15/h4-11H,12-13H2,1-3H3,(H,23,25,26). The minimum Gasteiger partial charge on any atom is -0.298 e. The number of nitrogens with one attached hydrogen (secondary N) is 1. The number of aromatic nitrogens is 3. The molecule has 0 atom stereocenters. The lowest BCUT2D eigenvalue weighted by Gasteiger charge is -2.19. The second-order valence-electron chi connectivity index (χ2n) is 7.44. The van der Waals surface area contributed by atoms with E-state index in [0.29, 0.717) is 28.0 Å². The number of nitrogens with zero attached hydrogens (tertiary/aromatic N) is 2. The lowest BCUT2D eigenvalue weighted by Crippen LogP contribution is -2.18. The molecule has 0 fully saturated rings. The maximum Gasteiger partial charge on any atom is 0.273 e. The summed E-state index contributed by atoms with van der Waals surface area (Å²) in [6.45, 7) is 6.54. The Labute approximate surface area is 168 Å². The third kappa shape index (κ3) is 5.44. The van der Waals surface area contributed by atoms with Crippen molar-refractivity contribution in [2.75, 3.05) is 0 Å². The molecule has 1 heterocycles. The maximum absolute atomic E-state index is 12.3. The Hall–Kier alpha value is -2.11. The molecule has 0 aliphatic rings. The molecule has 0 aliphatic heterocycles. The zero-order valence-electron chi connectivity index (χ0n) is 15.6. The molecule has 0 saturated heterocycles. The highest BCUT2D eigenvalue weighted by Gasteiger charge is 2.13. The smallest absolute Gasteiger partial charge is 0.273 e. The Bertz CT molecular complexity index is 960. The Balaban J connectivity index is 1.66. The first-order valence-corrected chi connectivity index (χ1v) is 10.1. The summed E-state index contributed by atoms with van der Waals surface area (Å²) in [5.74, 6) is 0.690. The van der Waals surface area contributed by atoms with Gasteiger partial charge in [0.15, 0.2) is 5.16 Å². The molecule has 0 radical (unpaired) electrons. The fourth-order valence-electron chi connectivity index (χ4n) is 2.57. The van der Waals surface area contributed by atoms with Gasteiger partial charge in [-0.25, -0.2) is 0 Å². The molecular formula is C21H22ClN3OS. The molecule has 1 N–H and O–H groups in total. The molecule has 0 spiro atoms. The van der Waals surface area contributed by atoms with Crippen molar-refractivity contribution in [2.24, 2.45) is 0 Å². The summed E-state index contributed by atoms with van der Waals surface area (Å²) in [6.07, 6.45) is 0.467. The topological polar surface area (TPSA) is 58.6 Å². The SMILES string of the molecule is CC(C)(C)c1ccc(Cc2nnc(SCc3ccc(Cl)cc3)[nH]c2=O)cc1. The van der Waals surface area contributed by atoms with Crippen molar-refractivity contribution in [2.45, 2.75) is 43.5 Å². The van der Waals surface area contributed by atoms with Gasteiger partial charge >= 0.3 is 0 Å². The minimum atomic E-state index is -0.191. The lowest BCUT2D eigenvalue weighted by atomic mass is 9.86. The Morgan fingerprint density at radius 2 is 1.59 bits per heavy atom. The average molecular weight is 400 g/mol. The first-order chi connectivity index (χ1) is 12.8. The summed E-state index contributed by atoms with van der Waals surface area (Å²) in [7, 11) is 0. The number of thioether (sulfide) groups is 1. The normalized spacial score (nSPS) is 11.6. The molecule has 6 heteroatoms. The molecule has 1 aromatic heterocycles. The molecule has 0 unspecified atom stereocenters. The van der Waals surface area contributed by atoms with Crippen LogP contribution in [0.3, 0.4) is 0 Å². The van der Waals surface area contributed by atoms with Gasteiger partial charge in [-0.1, -0.05) is 80.5 Å². The number of hydrogen-bond acceptors (Lipinski definition) is 4. The van der Waals surface area contributed by atoms with Crippen LogP contribution in [-0.2, 0) is 17.6 Å². The molecule has 0 saturated carbocycles. The van der Waals surface area contributed by atoms with Crippen LogP contribution in [-0.4, -0.2) is 15.2 Å². The van der Waals surface area contributed by atoms with Gasteiger partial charge in [0, 0.05) is 17.2 Å². The van der Waals surface area contributed by atoms with E-state index in [1.807, 2.05) is 36.4 Å². The van der Waals surface area contributed by atoms with E-state index in [9.17, 15) is 4.79 Å². The second-order valence-corrected chi connectivity index (χ2v) is 8.85. The largest absolute Gasteiger partial charge is 0.298 e. The number of aromatic amines is 1. The molecule has 2 aromatic carbocycles. The molecule has 0 amide bonds. The molecule has 27 heavy (non-hydrogen) atoms. The Kier molecular flexibility index (Phi) is 6.02. The number of H-pyrrole nitrogens is 1. The number of halogens is 1. The summed E-state index contributed by atoms with van der Waals surface area (Å²) >= 11 is 7.33. The third-order valence-electron chi connectivity index (χ3n) is 4.22. The molecule has 3 rings (SSSR count). The highest BCUT2D eigenvalue weighted by molar-refractivity contribution is 7.98. The third-order valence-corrected chi connectivity index (χ3v) is 5.41. The molecule has 3 aromatic rings. The van der Waals surface area contributed by atoms with Crippen LogP contribution in [0.4, 0.5) is 0 Å². The predicted molar refractivity (Wildman–Crippen MR) is 112 cm³/mol. The van der Waals surface area contributed by atoms with Crippen LogP contribution in [0.2, 0.25) is 5.02 Å². The van der Waals surface area contributed by atoms with Crippen molar-refractivity contribution in [1.82, 2.24) is 15.2 Å². The van der Waals surface area contributed by atoms with Crippen LogP contribution >= 0.6 is 23.4 Å². The summed E-state index contributed by atoms with van der Waals surface area (Å²) in [4.78, 5) is 15.2. The van der Waals surface area contributed by atoms with Gasteiger partial charge in [0.25, 0.3) is 5.56 Å². The van der Waals surface area contributed by atoms with Crippen molar-refractivity contribution in [3.63, 3.8) is 0 Å². The fraction of sp³-hybridized carbons (Fsp3) is 0.286. The van der Waals surface area contributed by atoms with E-state index < -0.39 is 0 Å².